The smallest absolute Gasteiger partial charge is 0.414 e. The van der Waals surface area contributed by atoms with Crippen molar-refractivity contribution in [2.45, 2.75) is 118 Å². The lowest BCUT2D eigenvalue weighted by Crippen LogP contribution is -2.52. The summed E-state index contributed by atoms with van der Waals surface area (Å²) in [7, 11) is 1.52. The number of cyclic esters (lactones) is 1. The van der Waals surface area contributed by atoms with Gasteiger partial charge >= 0.3 is 12.1 Å². The number of nitrogens with zero attached hydrogens (tertiary/aromatic N) is 1. The van der Waals surface area contributed by atoms with Crippen LogP contribution in [-0.4, -0.2) is 77.5 Å². The van der Waals surface area contributed by atoms with E-state index in [-0.39, 0.29) is 23.6 Å². The summed E-state index contributed by atoms with van der Waals surface area (Å²) in [6, 6.07) is 0. The van der Waals surface area contributed by atoms with E-state index in [0.717, 1.165) is 0 Å². The second-order valence-electron chi connectivity index (χ2n) is 12.7. The zero-order valence-electron chi connectivity index (χ0n) is 25.6. The molecule has 2 fully saturated rings. The van der Waals surface area contributed by atoms with Crippen molar-refractivity contribution in [2.24, 2.45) is 29.1 Å². The third-order valence-corrected chi connectivity index (χ3v) is 8.84. The Morgan fingerprint density at radius 2 is 1.68 bits per heavy atom. The van der Waals surface area contributed by atoms with Crippen LogP contribution in [0, 0.1) is 29.1 Å². The van der Waals surface area contributed by atoms with Gasteiger partial charge in [0.25, 0.3) is 0 Å². The molecule has 2 saturated heterocycles. The number of rotatable bonds is 3. The van der Waals surface area contributed by atoms with Crippen molar-refractivity contribution >= 4 is 23.6 Å². The van der Waals surface area contributed by atoms with Crippen molar-refractivity contribution in [2.75, 3.05) is 7.05 Å². The molecule has 0 saturated carbocycles. The average Bonchev–Trinajstić information content (AvgIpc) is 3.18. The average molecular weight is 566 g/mol. The lowest BCUT2D eigenvalue weighted by Gasteiger charge is -2.44. The molecular weight excluding hydrogens is 518 g/mol. The van der Waals surface area contributed by atoms with Gasteiger partial charge in [0, 0.05) is 24.5 Å². The zero-order chi connectivity index (χ0) is 30.3. The number of fused-ring (bicyclic) bond motifs is 1. The van der Waals surface area contributed by atoms with Gasteiger partial charge in [-0.2, -0.15) is 0 Å². The van der Waals surface area contributed by atoms with Crippen molar-refractivity contribution in [3.63, 3.8) is 0 Å². The second kappa shape index (κ2) is 12.3. The van der Waals surface area contributed by atoms with Crippen LogP contribution in [0.1, 0.15) is 81.6 Å². The Morgan fingerprint density at radius 1 is 1.05 bits per heavy atom. The van der Waals surface area contributed by atoms with Crippen molar-refractivity contribution in [1.29, 1.82) is 0 Å². The molecule has 0 bridgehead atoms. The summed E-state index contributed by atoms with van der Waals surface area (Å²) in [5, 5.41) is 10.9. The van der Waals surface area contributed by atoms with E-state index in [1.807, 2.05) is 34.6 Å². The number of aliphatic hydroxyl groups is 1. The normalized spacial score (nSPS) is 39.9. The number of likely N-dealkylation sites (N-methyl/N-ethyl adjacent to an activating group) is 1. The lowest BCUT2D eigenvalue weighted by atomic mass is 9.71. The Labute approximate surface area is 237 Å². The van der Waals surface area contributed by atoms with Crippen LogP contribution in [-0.2, 0) is 33.3 Å². The molecule has 1 amide bonds. The van der Waals surface area contributed by atoms with Crippen LogP contribution in [0.2, 0.25) is 0 Å². The van der Waals surface area contributed by atoms with Crippen molar-refractivity contribution in [3.8, 4) is 0 Å². The van der Waals surface area contributed by atoms with Gasteiger partial charge in [-0.3, -0.25) is 19.3 Å². The molecule has 40 heavy (non-hydrogen) atoms. The number of carbonyl (C=O) groups excluding carboxylic acids is 4. The minimum Gasteiger partial charge on any atom is -0.457 e. The number of aliphatic hydroxyl groups excluding tert-OH is 1. The highest BCUT2D eigenvalue weighted by Gasteiger charge is 2.48. The number of amides is 1. The Hall–Kier alpha value is -2.30. The number of hydrogen-bond donors (Lipinski definition) is 1. The van der Waals surface area contributed by atoms with Crippen molar-refractivity contribution in [1.82, 2.24) is 4.90 Å². The van der Waals surface area contributed by atoms with E-state index in [9.17, 15) is 24.3 Å². The molecule has 0 aromatic carbocycles. The summed E-state index contributed by atoms with van der Waals surface area (Å²) in [6.07, 6.45) is -3.94. The maximum Gasteiger partial charge on any atom is 0.414 e. The number of Topliss-reactive ketones (excluding diaryl/α,β-unsaturated/α-hetero) is 2. The number of ether oxygens (including phenoxy) is 4. The number of ketones is 2. The molecule has 1 N–H and O–H groups in total. The number of carbonyl (C=O) groups is 4. The van der Waals surface area contributed by atoms with E-state index in [0.29, 0.717) is 30.5 Å². The van der Waals surface area contributed by atoms with Crippen LogP contribution in [0.5, 0.6) is 0 Å². The van der Waals surface area contributed by atoms with Gasteiger partial charge in [-0.15, -0.1) is 0 Å². The van der Waals surface area contributed by atoms with Crippen LogP contribution in [0.25, 0.3) is 0 Å². The molecule has 10 atom stereocenters. The molecule has 1 unspecified atom stereocenters. The summed E-state index contributed by atoms with van der Waals surface area (Å²) in [5.74, 6) is -3.78. The first-order chi connectivity index (χ1) is 18.5. The SMILES string of the molecule is CC[C@H]1OC(=O)[C@H](C)C(=O)[C@H](C)[C@@H](OC2O[C@H](C)C[C@H](C)[C@H]2O)C(C)(C)C[C@@H](C)C(=O)C(C)=C2[C@@H]1OC(=O)N2C. The predicted molar refractivity (Wildman–Crippen MR) is 146 cm³/mol. The maximum atomic E-state index is 13.8. The summed E-state index contributed by atoms with van der Waals surface area (Å²) >= 11 is 0. The number of allylic oxidation sites excluding steroid dienone is 1. The van der Waals surface area contributed by atoms with Crippen LogP contribution in [0.3, 0.4) is 0 Å². The van der Waals surface area contributed by atoms with E-state index in [2.05, 4.69) is 0 Å². The minimum atomic E-state index is -1.12. The topological polar surface area (TPSA) is 129 Å². The molecule has 3 aliphatic heterocycles. The van der Waals surface area contributed by atoms with E-state index in [1.165, 1.54) is 18.9 Å². The molecule has 0 aliphatic carbocycles. The molecule has 10 nitrogen and oxygen atoms in total. The van der Waals surface area contributed by atoms with Gasteiger partial charge in [-0.1, -0.05) is 41.5 Å². The molecule has 3 aliphatic rings. The highest BCUT2D eigenvalue weighted by molar-refractivity contribution is 6.00. The van der Waals surface area contributed by atoms with Crippen LogP contribution in [0.15, 0.2) is 11.3 Å². The lowest BCUT2D eigenvalue weighted by molar-refractivity contribution is -0.284. The molecule has 3 heterocycles. The predicted octanol–water partition coefficient (Wildman–Crippen LogP) is 4.03. The van der Waals surface area contributed by atoms with Gasteiger partial charge in [0.2, 0.25) is 0 Å². The fourth-order valence-corrected chi connectivity index (χ4v) is 6.55. The van der Waals surface area contributed by atoms with Crippen LogP contribution < -0.4 is 0 Å². The molecule has 0 radical (unpaired) electrons. The number of hydrogen-bond acceptors (Lipinski definition) is 9. The Kier molecular flexibility index (Phi) is 9.90. The first kappa shape index (κ1) is 32.2. The van der Waals surface area contributed by atoms with E-state index in [4.69, 9.17) is 18.9 Å². The first-order valence-electron chi connectivity index (χ1n) is 14.4. The Bertz CT molecular complexity index is 1040. The van der Waals surface area contributed by atoms with Crippen LogP contribution >= 0.6 is 0 Å². The first-order valence-corrected chi connectivity index (χ1v) is 14.4. The quantitative estimate of drug-likeness (QED) is 0.398. The van der Waals surface area contributed by atoms with Gasteiger partial charge in [-0.25, -0.2) is 4.79 Å². The fraction of sp³-hybridized carbons (Fsp3) is 0.800. The molecule has 0 aromatic heterocycles. The highest BCUT2D eigenvalue weighted by atomic mass is 16.7. The standard InChI is InChI=1S/C30H47NO9/c1-11-20-25-21(31(10)29(36)39-25)17(5)22(32)15(3)13-30(8,9)26(18(6)24(34)19(7)27(35)38-20)40-28-23(33)14(2)12-16(4)37-28/h14-16,18-20,23,25-26,28,33H,11-13H2,1-10H3/t14-,15+,16+,18-,19+,20+,23+,25+,26+,28?/m0/s1. The largest absolute Gasteiger partial charge is 0.457 e. The second-order valence-corrected chi connectivity index (χ2v) is 12.7. The van der Waals surface area contributed by atoms with Gasteiger partial charge in [-0.05, 0) is 51.4 Å². The van der Waals surface area contributed by atoms with E-state index >= 15 is 0 Å². The van der Waals surface area contributed by atoms with Gasteiger partial charge < -0.3 is 24.1 Å². The third-order valence-electron chi connectivity index (χ3n) is 8.84. The summed E-state index contributed by atoms with van der Waals surface area (Å²) in [5.41, 5.74) is -0.0375. The van der Waals surface area contributed by atoms with Crippen molar-refractivity contribution in [3.05, 3.63) is 11.3 Å². The molecule has 10 heteroatoms. The summed E-state index contributed by atoms with van der Waals surface area (Å²) in [6.45, 7) is 16.1. The van der Waals surface area contributed by atoms with Gasteiger partial charge in [0.15, 0.2) is 24.0 Å². The van der Waals surface area contributed by atoms with Gasteiger partial charge in [0.05, 0.1) is 17.9 Å². The monoisotopic (exact) mass is 565 g/mol. The van der Waals surface area contributed by atoms with Gasteiger partial charge in [0.1, 0.15) is 18.1 Å². The summed E-state index contributed by atoms with van der Waals surface area (Å²) in [4.78, 5) is 54.6. The third kappa shape index (κ3) is 6.29. The molecule has 3 rings (SSSR count). The molecule has 0 aromatic rings. The zero-order valence-corrected chi connectivity index (χ0v) is 25.6. The minimum absolute atomic E-state index is 0.0719. The fourth-order valence-electron chi connectivity index (χ4n) is 6.55. The highest BCUT2D eigenvalue weighted by Crippen LogP contribution is 2.41. The summed E-state index contributed by atoms with van der Waals surface area (Å²) < 4.78 is 23.7. The van der Waals surface area contributed by atoms with E-state index in [1.54, 1.807) is 20.8 Å². The Balaban J connectivity index is 2.09. The molecule has 226 valence electrons. The van der Waals surface area contributed by atoms with Crippen molar-refractivity contribution < 1.29 is 43.2 Å². The molecule has 0 spiro atoms. The number of esters is 1. The Morgan fingerprint density at radius 3 is 2.27 bits per heavy atom. The maximum absolute atomic E-state index is 13.8. The van der Waals surface area contributed by atoms with Crippen LogP contribution in [0.4, 0.5) is 4.79 Å². The van der Waals surface area contributed by atoms with E-state index < -0.39 is 65.9 Å². The molecular formula is C30H47NO9.